The third-order valence-corrected chi connectivity index (χ3v) is 3.68. The topological polar surface area (TPSA) is 81.7 Å². The molecule has 2 amide bonds. The van der Waals surface area contributed by atoms with Crippen molar-refractivity contribution in [1.82, 2.24) is 5.32 Å². The van der Waals surface area contributed by atoms with Gasteiger partial charge in [0.15, 0.2) is 0 Å². The number of rotatable bonds is 8. The molecule has 2 aromatic carbocycles. The Balaban J connectivity index is 1.95. The SMILES string of the molecule is CN(Cc1ccccc1)c1ccccc1NC(=O)NCCCC(=O)O. The number of carbonyl (C=O) groups excluding carboxylic acids is 1. The van der Waals surface area contributed by atoms with E-state index in [2.05, 4.69) is 27.7 Å². The fourth-order valence-corrected chi connectivity index (χ4v) is 2.46. The lowest BCUT2D eigenvalue weighted by molar-refractivity contribution is -0.137. The first-order chi connectivity index (χ1) is 12.1. The van der Waals surface area contributed by atoms with Gasteiger partial charge in [0.2, 0.25) is 0 Å². The largest absolute Gasteiger partial charge is 0.481 e. The average molecular weight is 341 g/mol. The van der Waals surface area contributed by atoms with Crippen LogP contribution in [0.4, 0.5) is 16.2 Å². The number of carbonyl (C=O) groups is 2. The van der Waals surface area contributed by atoms with Gasteiger partial charge in [-0.2, -0.15) is 0 Å². The zero-order valence-electron chi connectivity index (χ0n) is 14.2. The van der Waals surface area contributed by atoms with Gasteiger partial charge in [0, 0.05) is 26.6 Å². The van der Waals surface area contributed by atoms with Gasteiger partial charge in [0.25, 0.3) is 0 Å². The van der Waals surface area contributed by atoms with E-state index >= 15 is 0 Å². The lowest BCUT2D eigenvalue weighted by Gasteiger charge is -2.23. The van der Waals surface area contributed by atoms with Crippen molar-refractivity contribution in [3.8, 4) is 0 Å². The van der Waals surface area contributed by atoms with E-state index in [9.17, 15) is 9.59 Å². The molecule has 132 valence electrons. The second-order valence-electron chi connectivity index (χ2n) is 5.74. The van der Waals surface area contributed by atoms with Crippen LogP contribution in [0.2, 0.25) is 0 Å². The minimum atomic E-state index is -0.866. The van der Waals surface area contributed by atoms with Crippen molar-refractivity contribution in [1.29, 1.82) is 0 Å². The number of hydrogen-bond donors (Lipinski definition) is 3. The van der Waals surface area contributed by atoms with Crippen LogP contribution in [0.1, 0.15) is 18.4 Å². The summed E-state index contributed by atoms with van der Waals surface area (Å²) in [6, 6.07) is 17.3. The highest BCUT2D eigenvalue weighted by atomic mass is 16.4. The van der Waals surface area contributed by atoms with E-state index < -0.39 is 5.97 Å². The third-order valence-electron chi connectivity index (χ3n) is 3.68. The Bertz CT molecular complexity index is 704. The number of nitrogens with zero attached hydrogens (tertiary/aromatic N) is 1. The van der Waals surface area contributed by atoms with Gasteiger partial charge in [0.1, 0.15) is 0 Å². The minimum Gasteiger partial charge on any atom is -0.481 e. The first kappa shape index (κ1) is 18.3. The van der Waals surface area contributed by atoms with E-state index in [1.807, 2.05) is 49.5 Å². The highest BCUT2D eigenvalue weighted by Crippen LogP contribution is 2.25. The molecule has 0 atom stereocenters. The van der Waals surface area contributed by atoms with Gasteiger partial charge in [-0.25, -0.2) is 4.79 Å². The molecule has 2 rings (SSSR count). The molecule has 0 spiro atoms. The summed E-state index contributed by atoms with van der Waals surface area (Å²) in [6.45, 7) is 1.04. The molecular weight excluding hydrogens is 318 g/mol. The molecule has 0 aliphatic carbocycles. The Morgan fingerprint density at radius 3 is 2.44 bits per heavy atom. The zero-order valence-corrected chi connectivity index (χ0v) is 14.2. The number of aliphatic carboxylic acids is 1. The van der Waals surface area contributed by atoms with Crippen molar-refractivity contribution in [2.45, 2.75) is 19.4 Å². The van der Waals surface area contributed by atoms with Crippen LogP contribution >= 0.6 is 0 Å². The van der Waals surface area contributed by atoms with Gasteiger partial charge in [-0.05, 0) is 24.1 Å². The van der Waals surface area contributed by atoms with Crippen LogP contribution in [0.15, 0.2) is 54.6 Å². The molecule has 0 fully saturated rings. The van der Waals surface area contributed by atoms with Gasteiger partial charge in [-0.15, -0.1) is 0 Å². The van der Waals surface area contributed by atoms with Gasteiger partial charge in [-0.3, -0.25) is 4.79 Å². The smallest absolute Gasteiger partial charge is 0.319 e. The van der Waals surface area contributed by atoms with Crippen LogP contribution in [-0.2, 0) is 11.3 Å². The standard InChI is InChI=1S/C19H23N3O3/c1-22(14-15-8-3-2-4-9-15)17-11-6-5-10-16(17)21-19(25)20-13-7-12-18(23)24/h2-6,8-11H,7,12-14H2,1H3,(H,23,24)(H2,20,21,25). The van der Waals surface area contributed by atoms with Crippen molar-refractivity contribution >= 4 is 23.4 Å². The zero-order chi connectivity index (χ0) is 18.1. The maximum absolute atomic E-state index is 12.0. The Hall–Kier alpha value is -3.02. The van der Waals surface area contributed by atoms with Gasteiger partial charge < -0.3 is 20.6 Å². The number of hydrogen-bond acceptors (Lipinski definition) is 3. The maximum Gasteiger partial charge on any atom is 0.319 e. The first-order valence-electron chi connectivity index (χ1n) is 8.17. The van der Waals surface area contributed by atoms with Gasteiger partial charge in [-0.1, -0.05) is 42.5 Å². The summed E-state index contributed by atoms with van der Waals surface area (Å²) in [7, 11) is 1.97. The number of urea groups is 1. The van der Waals surface area contributed by atoms with Crippen LogP contribution < -0.4 is 15.5 Å². The van der Waals surface area contributed by atoms with Crippen molar-refractivity contribution in [3.63, 3.8) is 0 Å². The number of carboxylic acid groups (broad SMARTS) is 1. The summed E-state index contributed by atoms with van der Waals surface area (Å²) in [6.07, 6.45) is 0.439. The Morgan fingerprint density at radius 1 is 1.04 bits per heavy atom. The van der Waals surface area contributed by atoms with Crippen LogP contribution in [0.5, 0.6) is 0 Å². The number of carboxylic acids is 1. The Kier molecular flexibility index (Phi) is 6.83. The molecule has 25 heavy (non-hydrogen) atoms. The number of amides is 2. The molecule has 3 N–H and O–H groups in total. The van der Waals surface area contributed by atoms with Crippen molar-refractivity contribution in [2.24, 2.45) is 0 Å². The molecule has 0 saturated carbocycles. The molecular formula is C19H23N3O3. The molecule has 0 radical (unpaired) electrons. The van der Waals surface area contributed by atoms with Crippen LogP contribution in [0.3, 0.4) is 0 Å². The molecule has 6 nitrogen and oxygen atoms in total. The number of para-hydroxylation sites is 2. The summed E-state index contributed by atoms with van der Waals surface area (Å²) in [5, 5.41) is 14.1. The summed E-state index contributed by atoms with van der Waals surface area (Å²) < 4.78 is 0. The van der Waals surface area contributed by atoms with Crippen molar-refractivity contribution in [3.05, 3.63) is 60.2 Å². The normalized spacial score (nSPS) is 10.1. The second kappa shape index (κ2) is 9.32. The second-order valence-corrected chi connectivity index (χ2v) is 5.74. The number of benzene rings is 2. The van der Waals surface area contributed by atoms with E-state index in [1.165, 1.54) is 5.56 Å². The molecule has 0 aliphatic rings. The van der Waals surface area contributed by atoms with Gasteiger partial charge >= 0.3 is 12.0 Å². The molecule has 0 saturated heterocycles. The highest BCUT2D eigenvalue weighted by molar-refractivity contribution is 5.93. The van der Waals surface area contributed by atoms with Crippen LogP contribution in [0.25, 0.3) is 0 Å². The first-order valence-corrected chi connectivity index (χ1v) is 8.17. The van der Waals surface area contributed by atoms with Crippen LogP contribution in [-0.4, -0.2) is 30.7 Å². The minimum absolute atomic E-state index is 0.0384. The predicted octanol–water partition coefficient (Wildman–Crippen LogP) is 3.31. The van der Waals surface area contributed by atoms with E-state index in [-0.39, 0.29) is 12.5 Å². The van der Waals surface area contributed by atoms with Crippen LogP contribution in [0, 0.1) is 0 Å². The summed E-state index contributed by atoms with van der Waals surface area (Å²) in [5.41, 5.74) is 2.79. The molecule has 0 aliphatic heterocycles. The fourth-order valence-electron chi connectivity index (χ4n) is 2.46. The molecule has 6 heteroatoms. The van der Waals surface area contributed by atoms with Crippen molar-refractivity contribution in [2.75, 3.05) is 23.8 Å². The molecule has 0 bridgehead atoms. The predicted molar refractivity (Wildman–Crippen MR) is 98.9 cm³/mol. The average Bonchev–Trinajstić information content (AvgIpc) is 2.60. The fraction of sp³-hybridized carbons (Fsp3) is 0.263. The van der Waals surface area contributed by atoms with Gasteiger partial charge in [0.05, 0.1) is 11.4 Å². The monoisotopic (exact) mass is 341 g/mol. The maximum atomic E-state index is 12.0. The Morgan fingerprint density at radius 2 is 1.72 bits per heavy atom. The number of anilines is 2. The summed E-state index contributed by atoms with van der Waals surface area (Å²) in [4.78, 5) is 24.5. The lowest BCUT2D eigenvalue weighted by atomic mass is 10.2. The lowest BCUT2D eigenvalue weighted by Crippen LogP contribution is -2.30. The molecule has 0 heterocycles. The Labute approximate surface area is 147 Å². The summed E-state index contributed by atoms with van der Waals surface area (Å²) in [5.74, 6) is -0.866. The molecule has 0 aromatic heterocycles. The summed E-state index contributed by atoms with van der Waals surface area (Å²) >= 11 is 0. The van der Waals surface area contributed by atoms with E-state index in [0.29, 0.717) is 18.7 Å². The van der Waals surface area contributed by atoms with E-state index in [4.69, 9.17) is 5.11 Å². The van der Waals surface area contributed by atoms with Crippen molar-refractivity contribution < 1.29 is 14.7 Å². The number of nitrogens with one attached hydrogen (secondary N) is 2. The third kappa shape index (κ3) is 6.18. The highest BCUT2D eigenvalue weighted by Gasteiger charge is 2.10. The quantitative estimate of drug-likeness (QED) is 0.644. The van der Waals surface area contributed by atoms with E-state index in [0.717, 1.165) is 12.2 Å². The molecule has 2 aromatic rings. The van der Waals surface area contributed by atoms with E-state index in [1.54, 1.807) is 0 Å². The molecule has 0 unspecified atom stereocenters.